The van der Waals surface area contributed by atoms with Crippen molar-refractivity contribution in [3.8, 4) is 6.07 Å². The van der Waals surface area contributed by atoms with Crippen LogP contribution in [-0.2, 0) is 9.53 Å². The van der Waals surface area contributed by atoms with E-state index in [9.17, 15) is 4.79 Å². The second kappa shape index (κ2) is 3.82. The number of hydrogen-bond donors (Lipinski definition) is 0. The smallest absolute Gasteiger partial charge is 0.243 e. The first kappa shape index (κ1) is 12.0. The summed E-state index contributed by atoms with van der Waals surface area (Å²) in [6.07, 6.45) is 0. The Labute approximate surface area is 90.8 Å². The summed E-state index contributed by atoms with van der Waals surface area (Å²) in [7, 11) is 0. The molecule has 0 bridgehead atoms. The lowest BCUT2D eigenvalue weighted by Crippen LogP contribution is -2.58. The van der Waals surface area contributed by atoms with Crippen LogP contribution in [0.4, 0.5) is 0 Å². The Morgan fingerprint density at radius 2 is 2.13 bits per heavy atom. The lowest BCUT2D eigenvalue weighted by atomic mass is 9.90. The van der Waals surface area contributed by atoms with E-state index < -0.39 is 5.41 Å². The molecule has 1 aliphatic heterocycles. The Kier molecular flexibility index (Phi) is 3.05. The third-order valence-corrected chi connectivity index (χ3v) is 2.70. The molecule has 84 valence electrons. The molecular weight excluding hydrogens is 192 g/mol. The zero-order valence-corrected chi connectivity index (χ0v) is 9.83. The quantitative estimate of drug-likeness (QED) is 0.653. The fourth-order valence-electron chi connectivity index (χ4n) is 1.62. The van der Waals surface area contributed by atoms with Gasteiger partial charge in [-0.25, -0.2) is 0 Å². The first-order chi connectivity index (χ1) is 6.81. The van der Waals surface area contributed by atoms with Gasteiger partial charge in [-0.1, -0.05) is 0 Å². The molecule has 1 saturated heterocycles. The van der Waals surface area contributed by atoms with E-state index in [0.29, 0.717) is 19.8 Å². The number of carbonyl (C=O) groups is 1. The third-order valence-electron chi connectivity index (χ3n) is 2.70. The van der Waals surface area contributed by atoms with E-state index in [4.69, 9.17) is 10.00 Å². The summed E-state index contributed by atoms with van der Waals surface area (Å²) >= 11 is 0. The average molecular weight is 210 g/mol. The van der Waals surface area contributed by atoms with Gasteiger partial charge in [-0.05, 0) is 27.7 Å². The van der Waals surface area contributed by atoms with Crippen molar-refractivity contribution < 1.29 is 9.53 Å². The number of hydrogen-bond acceptors (Lipinski definition) is 3. The van der Waals surface area contributed by atoms with Crippen LogP contribution in [0.1, 0.15) is 27.7 Å². The number of carbonyl (C=O) groups excluding carboxylic acids is 1. The lowest BCUT2D eigenvalue weighted by Gasteiger charge is -2.44. The molecule has 0 aromatic rings. The molecule has 4 nitrogen and oxygen atoms in total. The third kappa shape index (κ3) is 2.29. The molecule has 1 heterocycles. The van der Waals surface area contributed by atoms with Crippen LogP contribution in [0, 0.1) is 16.7 Å². The van der Waals surface area contributed by atoms with Crippen molar-refractivity contribution in [1.82, 2.24) is 4.90 Å². The number of morpholine rings is 1. The van der Waals surface area contributed by atoms with E-state index >= 15 is 0 Å². The molecule has 0 spiro atoms. The van der Waals surface area contributed by atoms with Crippen LogP contribution in [0.3, 0.4) is 0 Å². The molecule has 0 aromatic carbocycles. The van der Waals surface area contributed by atoms with Crippen LogP contribution in [0.25, 0.3) is 0 Å². The second-order valence-electron chi connectivity index (χ2n) is 5.06. The van der Waals surface area contributed by atoms with Crippen molar-refractivity contribution >= 4 is 5.91 Å². The van der Waals surface area contributed by atoms with Crippen LogP contribution in [0.15, 0.2) is 0 Å². The van der Waals surface area contributed by atoms with Gasteiger partial charge in [-0.15, -0.1) is 0 Å². The van der Waals surface area contributed by atoms with Crippen molar-refractivity contribution in [3.05, 3.63) is 0 Å². The van der Waals surface area contributed by atoms with Crippen LogP contribution < -0.4 is 0 Å². The highest BCUT2D eigenvalue weighted by molar-refractivity contribution is 5.85. The zero-order valence-electron chi connectivity index (χ0n) is 9.83. The number of amides is 1. The van der Waals surface area contributed by atoms with Gasteiger partial charge < -0.3 is 9.64 Å². The minimum atomic E-state index is -0.950. The molecular formula is C11H18N2O2. The van der Waals surface area contributed by atoms with Gasteiger partial charge in [0.1, 0.15) is 5.41 Å². The first-order valence-corrected chi connectivity index (χ1v) is 5.12. The van der Waals surface area contributed by atoms with Crippen molar-refractivity contribution in [1.29, 1.82) is 5.26 Å². The van der Waals surface area contributed by atoms with Crippen molar-refractivity contribution in [3.63, 3.8) is 0 Å². The Bertz CT molecular complexity index is 302. The van der Waals surface area contributed by atoms with E-state index in [1.54, 1.807) is 18.7 Å². The Hall–Kier alpha value is -1.08. The monoisotopic (exact) mass is 210 g/mol. The van der Waals surface area contributed by atoms with Crippen LogP contribution >= 0.6 is 0 Å². The maximum absolute atomic E-state index is 12.1. The fraction of sp³-hybridized carbons (Fsp3) is 0.818. The maximum Gasteiger partial charge on any atom is 0.243 e. The molecule has 0 radical (unpaired) electrons. The van der Waals surface area contributed by atoms with E-state index in [2.05, 4.69) is 0 Å². The molecule has 0 N–H and O–H groups in total. The zero-order chi connectivity index (χ0) is 11.7. The summed E-state index contributed by atoms with van der Waals surface area (Å²) in [6.45, 7) is 8.87. The summed E-state index contributed by atoms with van der Waals surface area (Å²) < 4.78 is 5.33. The summed E-state index contributed by atoms with van der Waals surface area (Å²) in [5, 5.41) is 8.94. The van der Waals surface area contributed by atoms with E-state index in [-0.39, 0.29) is 11.4 Å². The van der Waals surface area contributed by atoms with E-state index in [1.165, 1.54) is 0 Å². The summed E-state index contributed by atoms with van der Waals surface area (Å²) in [6, 6.07) is 2.04. The Balaban J connectivity index is 2.88. The molecule has 1 aliphatic rings. The minimum Gasteiger partial charge on any atom is -0.377 e. The maximum atomic E-state index is 12.1. The minimum absolute atomic E-state index is 0.113. The number of nitriles is 1. The van der Waals surface area contributed by atoms with Gasteiger partial charge in [0.2, 0.25) is 5.91 Å². The normalized spacial score (nSPS) is 20.9. The molecule has 0 atom stereocenters. The summed E-state index contributed by atoms with van der Waals surface area (Å²) in [5.74, 6) is -0.113. The standard InChI is InChI=1S/C11H18N2O2/c1-10(2,7-12)9(14)13-5-6-15-8-11(13,3)4/h5-6,8H2,1-4H3. The summed E-state index contributed by atoms with van der Waals surface area (Å²) in [4.78, 5) is 13.9. The molecule has 15 heavy (non-hydrogen) atoms. The number of ether oxygens (including phenoxy) is 1. The first-order valence-electron chi connectivity index (χ1n) is 5.12. The van der Waals surface area contributed by atoms with Gasteiger partial charge >= 0.3 is 0 Å². The number of rotatable bonds is 1. The van der Waals surface area contributed by atoms with Crippen molar-refractivity contribution in [2.24, 2.45) is 5.41 Å². The molecule has 1 amide bonds. The Morgan fingerprint density at radius 3 is 2.60 bits per heavy atom. The van der Waals surface area contributed by atoms with Gasteiger partial charge in [0.25, 0.3) is 0 Å². The highest BCUT2D eigenvalue weighted by Gasteiger charge is 2.40. The molecule has 0 aromatic heterocycles. The molecule has 1 rings (SSSR count). The SMILES string of the molecule is CC(C)(C#N)C(=O)N1CCOCC1(C)C. The van der Waals surface area contributed by atoms with Gasteiger partial charge in [-0.2, -0.15) is 5.26 Å². The van der Waals surface area contributed by atoms with Gasteiger partial charge in [0.15, 0.2) is 0 Å². The Morgan fingerprint density at radius 1 is 1.53 bits per heavy atom. The van der Waals surface area contributed by atoms with Gasteiger partial charge in [0, 0.05) is 6.54 Å². The van der Waals surface area contributed by atoms with Gasteiger partial charge in [-0.3, -0.25) is 4.79 Å². The van der Waals surface area contributed by atoms with E-state index in [0.717, 1.165) is 0 Å². The molecule has 0 aliphatic carbocycles. The van der Waals surface area contributed by atoms with Crippen molar-refractivity contribution in [2.75, 3.05) is 19.8 Å². The molecule has 0 saturated carbocycles. The van der Waals surface area contributed by atoms with Crippen LogP contribution in [0.5, 0.6) is 0 Å². The summed E-state index contributed by atoms with van der Waals surface area (Å²) in [5.41, 5.74) is -1.27. The van der Waals surface area contributed by atoms with Crippen LogP contribution in [0.2, 0.25) is 0 Å². The molecule has 1 fully saturated rings. The lowest BCUT2D eigenvalue weighted by molar-refractivity contribution is -0.152. The van der Waals surface area contributed by atoms with Gasteiger partial charge in [0.05, 0.1) is 24.8 Å². The predicted octanol–water partition coefficient (Wildman–Crippen LogP) is 1.17. The highest BCUT2D eigenvalue weighted by atomic mass is 16.5. The highest BCUT2D eigenvalue weighted by Crippen LogP contribution is 2.26. The van der Waals surface area contributed by atoms with Crippen LogP contribution in [-0.4, -0.2) is 36.1 Å². The average Bonchev–Trinajstić information content (AvgIpc) is 2.16. The molecule has 0 unspecified atom stereocenters. The fourth-order valence-corrected chi connectivity index (χ4v) is 1.62. The molecule has 4 heteroatoms. The second-order valence-corrected chi connectivity index (χ2v) is 5.06. The van der Waals surface area contributed by atoms with Crippen molar-refractivity contribution in [2.45, 2.75) is 33.2 Å². The predicted molar refractivity (Wildman–Crippen MR) is 56.0 cm³/mol. The largest absolute Gasteiger partial charge is 0.377 e. The number of nitrogens with zero attached hydrogens (tertiary/aromatic N) is 2. The topological polar surface area (TPSA) is 53.3 Å². The van der Waals surface area contributed by atoms with E-state index in [1.807, 2.05) is 19.9 Å².